The Bertz CT molecular complexity index is 844. The van der Waals surface area contributed by atoms with E-state index in [4.69, 9.17) is 4.74 Å². The van der Waals surface area contributed by atoms with Gasteiger partial charge in [0.25, 0.3) is 0 Å². The van der Waals surface area contributed by atoms with Crippen LogP contribution in [0.25, 0.3) is 0 Å². The minimum atomic E-state index is 0. The summed E-state index contributed by atoms with van der Waals surface area (Å²) in [6.45, 7) is 7.90. The molecular weight excluding hydrogens is 491 g/mol. The molecule has 1 atom stereocenters. The van der Waals surface area contributed by atoms with Gasteiger partial charge in [0.2, 0.25) is 0 Å². The minimum Gasteiger partial charge on any atom is -0.497 e. The van der Waals surface area contributed by atoms with Crippen molar-refractivity contribution in [3.63, 3.8) is 0 Å². The van der Waals surface area contributed by atoms with Crippen LogP contribution in [0.15, 0.2) is 29.3 Å². The average molecular weight is 526 g/mol. The molecule has 2 N–H and O–H groups in total. The van der Waals surface area contributed by atoms with Crippen molar-refractivity contribution >= 4 is 29.9 Å². The summed E-state index contributed by atoms with van der Waals surface area (Å²) in [7, 11) is 5.51. The van der Waals surface area contributed by atoms with E-state index in [-0.39, 0.29) is 30.0 Å². The van der Waals surface area contributed by atoms with Crippen LogP contribution in [-0.4, -0.2) is 54.4 Å². The lowest BCUT2D eigenvalue weighted by molar-refractivity contribution is 0.245. The molecule has 0 radical (unpaired) electrons. The first kappa shape index (κ1) is 24.5. The van der Waals surface area contributed by atoms with Gasteiger partial charge in [-0.05, 0) is 57.5 Å². The van der Waals surface area contributed by atoms with E-state index < -0.39 is 0 Å². The van der Waals surface area contributed by atoms with Gasteiger partial charge in [-0.25, -0.2) is 0 Å². The van der Waals surface area contributed by atoms with E-state index in [0.717, 1.165) is 37.0 Å². The fourth-order valence-corrected chi connectivity index (χ4v) is 4.02. The zero-order valence-corrected chi connectivity index (χ0v) is 21.1. The van der Waals surface area contributed by atoms with Gasteiger partial charge in [0.15, 0.2) is 5.96 Å². The van der Waals surface area contributed by atoms with Crippen molar-refractivity contribution < 1.29 is 4.74 Å². The van der Waals surface area contributed by atoms with Gasteiger partial charge in [-0.3, -0.25) is 14.6 Å². The Morgan fingerprint density at radius 2 is 1.97 bits per heavy atom. The van der Waals surface area contributed by atoms with Crippen LogP contribution >= 0.6 is 24.0 Å². The van der Waals surface area contributed by atoms with E-state index in [1.807, 2.05) is 31.8 Å². The number of likely N-dealkylation sites (tertiary alicyclic amines) is 1. The van der Waals surface area contributed by atoms with Crippen molar-refractivity contribution in [3.05, 3.63) is 46.8 Å². The molecule has 0 bridgehead atoms. The second kappa shape index (κ2) is 11.5. The number of guanidine groups is 1. The molecule has 1 aromatic heterocycles. The molecule has 0 saturated carbocycles. The van der Waals surface area contributed by atoms with E-state index in [9.17, 15) is 0 Å². The Hall–Kier alpha value is -1.81. The molecule has 1 unspecified atom stereocenters. The van der Waals surface area contributed by atoms with Gasteiger partial charge < -0.3 is 15.4 Å². The molecule has 7 nitrogen and oxygen atoms in total. The first-order valence-electron chi connectivity index (χ1n) is 10.3. The Morgan fingerprint density at radius 3 is 2.57 bits per heavy atom. The van der Waals surface area contributed by atoms with E-state index in [1.54, 1.807) is 7.11 Å². The summed E-state index contributed by atoms with van der Waals surface area (Å²) in [5.41, 5.74) is 4.73. The maximum atomic E-state index is 5.44. The maximum absolute atomic E-state index is 5.44. The third kappa shape index (κ3) is 5.87. The van der Waals surface area contributed by atoms with Crippen LogP contribution in [0, 0.1) is 13.8 Å². The number of nitrogens with zero attached hydrogens (tertiary/aromatic N) is 4. The van der Waals surface area contributed by atoms with Crippen molar-refractivity contribution in [3.8, 4) is 5.75 Å². The monoisotopic (exact) mass is 526 g/mol. The summed E-state index contributed by atoms with van der Waals surface area (Å²) in [4.78, 5) is 6.97. The molecule has 1 aromatic carbocycles. The number of rotatable bonds is 7. The average Bonchev–Trinajstić information content (AvgIpc) is 3.34. The van der Waals surface area contributed by atoms with Crippen molar-refractivity contribution in [2.24, 2.45) is 12.0 Å². The molecule has 1 aliphatic heterocycles. The first-order valence-corrected chi connectivity index (χ1v) is 10.3. The number of aliphatic imine (C=N–C) groups is 1. The fraction of sp³-hybridized carbons (Fsp3) is 0.545. The van der Waals surface area contributed by atoms with Gasteiger partial charge in [0.1, 0.15) is 5.75 Å². The highest BCUT2D eigenvalue weighted by Gasteiger charge is 2.24. The molecule has 2 heterocycles. The predicted octanol–water partition coefficient (Wildman–Crippen LogP) is 3.17. The SMILES string of the molecule is CN=C(NCc1c(C)nn(C)c1C)NCC(c1cccc(OC)c1)N1CCCC1.I. The largest absolute Gasteiger partial charge is 0.497 e. The zero-order valence-electron chi connectivity index (χ0n) is 18.7. The number of hydrogen-bond donors (Lipinski definition) is 2. The zero-order chi connectivity index (χ0) is 20.8. The van der Waals surface area contributed by atoms with Crippen molar-refractivity contribution in [2.75, 3.05) is 33.8 Å². The fourth-order valence-electron chi connectivity index (χ4n) is 4.02. The van der Waals surface area contributed by atoms with Gasteiger partial charge in [-0.1, -0.05) is 12.1 Å². The van der Waals surface area contributed by atoms with E-state index in [2.05, 4.69) is 50.7 Å². The Kier molecular flexibility index (Phi) is 9.41. The lowest BCUT2D eigenvalue weighted by Gasteiger charge is -2.29. The Balaban J connectivity index is 0.00000320. The number of benzene rings is 1. The lowest BCUT2D eigenvalue weighted by Crippen LogP contribution is -2.42. The van der Waals surface area contributed by atoms with Crippen LogP contribution in [0.3, 0.4) is 0 Å². The number of nitrogens with one attached hydrogen (secondary N) is 2. The van der Waals surface area contributed by atoms with E-state index in [0.29, 0.717) is 6.54 Å². The smallest absolute Gasteiger partial charge is 0.191 e. The van der Waals surface area contributed by atoms with E-state index >= 15 is 0 Å². The van der Waals surface area contributed by atoms with Crippen LogP contribution in [0.2, 0.25) is 0 Å². The second-order valence-electron chi connectivity index (χ2n) is 7.62. The Labute approximate surface area is 197 Å². The number of halogens is 1. The first-order chi connectivity index (χ1) is 14.0. The maximum Gasteiger partial charge on any atom is 0.191 e. The van der Waals surface area contributed by atoms with Crippen LogP contribution in [0.1, 0.15) is 41.4 Å². The molecule has 166 valence electrons. The molecule has 8 heteroatoms. The molecule has 30 heavy (non-hydrogen) atoms. The Morgan fingerprint density at radius 1 is 1.23 bits per heavy atom. The summed E-state index contributed by atoms with van der Waals surface area (Å²) in [6, 6.07) is 8.68. The van der Waals surface area contributed by atoms with Crippen LogP contribution < -0.4 is 15.4 Å². The molecule has 1 saturated heterocycles. The van der Waals surface area contributed by atoms with Gasteiger partial charge in [0, 0.05) is 38.4 Å². The van der Waals surface area contributed by atoms with Gasteiger partial charge in [0.05, 0.1) is 18.8 Å². The van der Waals surface area contributed by atoms with Crippen molar-refractivity contribution in [2.45, 2.75) is 39.3 Å². The third-order valence-corrected chi connectivity index (χ3v) is 5.84. The highest BCUT2D eigenvalue weighted by atomic mass is 127. The van der Waals surface area contributed by atoms with Gasteiger partial charge in [-0.15, -0.1) is 24.0 Å². The molecular formula is C22H35IN6O. The quantitative estimate of drug-likeness (QED) is 0.330. The number of aryl methyl sites for hydroxylation is 2. The summed E-state index contributed by atoms with van der Waals surface area (Å²) in [5, 5.41) is 11.5. The number of hydrogen-bond acceptors (Lipinski definition) is 4. The van der Waals surface area contributed by atoms with Crippen molar-refractivity contribution in [1.82, 2.24) is 25.3 Å². The summed E-state index contributed by atoms with van der Waals surface area (Å²) < 4.78 is 7.37. The summed E-state index contributed by atoms with van der Waals surface area (Å²) in [5.74, 6) is 1.71. The number of aromatic nitrogens is 2. The highest BCUT2D eigenvalue weighted by molar-refractivity contribution is 14.0. The molecule has 0 spiro atoms. The lowest BCUT2D eigenvalue weighted by atomic mass is 10.1. The molecule has 2 aromatic rings. The van der Waals surface area contributed by atoms with Crippen LogP contribution in [0.5, 0.6) is 5.75 Å². The van der Waals surface area contributed by atoms with Gasteiger partial charge in [-0.2, -0.15) is 5.10 Å². The van der Waals surface area contributed by atoms with E-state index in [1.165, 1.54) is 29.7 Å². The molecule has 1 aliphatic rings. The number of methoxy groups -OCH3 is 1. The molecule has 0 aliphatic carbocycles. The minimum absolute atomic E-state index is 0. The van der Waals surface area contributed by atoms with Gasteiger partial charge >= 0.3 is 0 Å². The standard InChI is InChI=1S/C22H34N6O.HI/c1-16-20(17(2)27(4)26-16)14-24-22(23-3)25-15-21(28-11-6-7-12-28)18-9-8-10-19(13-18)29-5;/h8-10,13,21H,6-7,11-12,14-15H2,1-5H3,(H2,23,24,25);1H. The number of ether oxygens (including phenoxy) is 1. The predicted molar refractivity (Wildman–Crippen MR) is 133 cm³/mol. The third-order valence-electron chi connectivity index (χ3n) is 5.84. The normalized spacial score (nSPS) is 15.6. The molecule has 1 fully saturated rings. The van der Waals surface area contributed by atoms with Crippen molar-refractivity contribution in [1.29, 1.82) is 0 Å². The summed E-state index contributed by atoms with van der Waals surface area (Å²) >= 11 is 0. The second-order valence-corrected chi connectivity index (χ2v) is 7.62. The molecule has 0 amide bonds. The van der Waals surface area contributed by atoms with Crippen LogP contribution in [0.4, 0.5) is 0 Å². The molecule has 3 rings (SSSR count). The topological polar surface area (TPSA) is 66.7 Å². The van der Waals surface area contributed by atoms with Crippen LogP contribution in [-0.2, 0) is 13.6 Å². The highest BCUT2D eigenvalue weighted by Crippen LogP contribution is 2.27. The summed E-state index contributed by atoms with van der Waals surface area (Å²) in [6.07, 6.45) is 2.51.